The van der Waals surface area contributed by atoms with E-state index in [0.29, 0.717) is 30.0 Å². The fourth-order valence-electron chi connectivity index (χ4n) is 3.06. The highest BCUT2D eigenvalue weighted by Crippen LogP contribution is 2.27. The number of nitrogens with one attached hydrogen (secondary N) is 1. The topological polar surface area (TPSA) is 82.2 Å². The number of aryl methyl sites for hydroxylation is 1. The number of benzene rings is 2. The molecule has 4 aromatic rings. The fraction of sp³-hybridized carbons (Fsp3) is 0.208. The zero-order chi connectivity index (χ0) is 21.8. The Morgan fingerprint density at radius 2 is 1.87 bits per heavy atom. The average molecular weight is 416 g/mol. The van der Waals surface area contributed by atoms with Gasteiger partial charge in [-0.1, -0.05) is 38.1 Å². The Hall–Kier alpha value is -3.87. The summed E-state index contributed by atoms with van der Waals surface area (Å²) >= 11 is 0. The second-order valence-electron chi connectivity index (χ2n) is 7.63. The number of carbonyl (C=O) groups excluding carboxylic acids is 1. The van der Waals surface area contributed by atoms with Gasteiger partial charge in [0.2, 0.25) is 0 Å². The van der Waals surface area contributed by atoms with Crippen molar-refractivity contribution in [2.24, 2.45) is 5.92 Å². The quantitative estimate of drug-likeness (QED) is 0.452. The van der Waals surface area contributed by atoms with E-state index in [9.17, 15) is 4.79 Å². The van der Waals surface area contributed by atoms with Gasteiger partial charge < -0.3 is 14.5 Å². The van der Waals surface area contributed by atoms with Crippen molar-refractivity contribution in [1.82, 2.24) is 14.8 Å². The van der Waals surface area contributed by atoms with Crippen LogP contribution in [0.1, 0.15) is 30.0 Å². The van der Waals surface area contributed by atoms with E-state index in [1.165, 1.54) is 6.26 Å². The van der Waals surface area contributed by atoms with Gasteiger partial charge in [0.1, 0.15) is 0 Å². The molecule has 7 heteroatoms. The molecule has 0 aliphatic rings. The molecule has 0 saturated heterocycles. The molecule has 31 heavy (non-hydrogen) atoms. The monoisotopic (exact) mass is 416 g/mol. The third kappa shape index (κ3) is 4.66. The van der Waals surface area contributed by atoms with Crippen molar-refractivity contribution >= 4 is 11.6 Å². The number of rotatable bonds is 7. The van der Waals surface area contributed by atoms with Crippen molar-refractivity contribution in [2.75, 3.05) is 11.9 Å². The molecule has 0 aliphatic carbocycles. The van der Waals surface area contributed by atoms with Gasteiger partial charge in [-0.2, -0.15) is 4.98 Å². The Morgan fingerprint density at radius 3 is 2.55 bits per heavy atom. The van der Waals surface area contributed by atoms with Crippen LogP contribution in [-0.4, -0.2) is 27.3 Å². The molecule has 0 fully saturated rings. The summed E-state index contributed by atoms with van der Waals surface area (Å²) < 4.78 is 12.7. The van der Waals surface area contributed by atoms with E-state index >= 15 is 0 Å². The van der Waals surface area contributed by atoms with E-state index in [4.69, 9.17) is 9.15 Å². The molecule has 0 atom stereocenters. The van der Waals surface area contributed by atoms with Crippen molar-refractivity contribution in [3.63, 3.8) is 0 Å². The Balaban J connectivity index is 1.64. The lowest BCUT2D eigenvalue weighted by atomic mass is 10.1. The van der Waals surface area contributed by atoms with Gasteiger partial charge in [-0.15, -0.1) is 5.10 Å². The largest absolute Gasteiger partial charge is 0.462 e. The van der Waals surface area contributed by atoms with Gasteiger partial charge in [0.05, 0.1) is 18.6 Å². The molecule has 0 bridgehead atoms. The van der Waals surface area contributed by atoms with Gasteiger partial charge in [-0.3, -0.25) is 4.79 Å². The van der Waals surface area contributed by atoms with Gasteiger partial charge in [0.15, 0.2) is 11.6 Å². The van der Waals surface area contributed by atoms with Crippen LogP contribution in [0.5, 0.6) is 6.01 Å². The zero-order valence-electron chi connectivity index (χ0n) is 17.7. The first kappa shape index (κ1) is 20.4. The molecule has 158 valence electrons. The van der Waals surface area contributed by atoms with E-state index in [2.05, 4.69) is 29.2 Å². The van der Waals surface area contributed by atoms with Crippen LogP contribution < -0.4 is 10.1 Å². The number of nitrogens with zero attached hydrogens (tertiary/aromatic N) is 3. The maximum Gasteiger partial charge on any atom is 0.336 e. The first-order chi connectivity index (χ1) is 15.0. The van der Waals surface area contributed by atoms with Crippen LogP contribution in [0.3, 0.4) is 0 Å². The number of hydrogen-bond donors (Lipinski definition) is 1. The second kappa shape index (κ2) is 8.87. The number of furan rings is 1. The summed E-state index contributed by atoms with van der Waals surface area (Å²) in [6, 6.07) is 19.0. The molecule has 0 saturated carbocycles. The van der Waals surface area contributed by atoms with Crippen molar-refractivity contribution in [2.45, 2.75) is 20.8 Å². The Kier molecular flexibility index (Phi) is 5.84. The summed E-state index contributed by atoms with van der Waals surface area (Å²) in [4.78, 5) is 16.8. The normalized spacial score (nSPS) is 11.0. The van der Waals surface area contributed by atoms with Crippen LogP contribution in [0, 0.1) is 12.8 Å². The van der Waals surface area contributed by atoms with Crippen molar-refractivity contribution < 1.29 is 13.9 Å². The minimum absolute atomic E-state index is 0.258. The molecule has 7 nitrogen and oxygen atoms in total. The predicted molar refractivity (Wildman–Crippen MR) is 119 cm³/mol. The summed E-state index contributed by atoms with van der Waals surface area (Å²) in [5.74, 6) is 1.02. The molecule has 2 aromatic carbocycles. The second-order valence-corrected chi connectivity index (χ2v) is 7.63. The number of hydrogen-bond acceptors (Lipinski definition) is 5. The molecule has 0 spiro atoms. The molecule has 0 radical (unpaired) electrons. The first-order valence-corrected chi connectivity index (χ1v) is 10.1. The number of anilines is 1. The maximum atomic E-state index is 12.2. The minimum Gasteiger partial charge on any atom is -0.462 e. The van der Waals surface area contributed by atoms with E-state index in [-0.39, 0.29) is 11.7 Å². The number of amides is 1. The van der Waals surface area contributed by atoms with Crippen LogP contribution in [0.2, 0.25) is 0 Å². The third-order valence-corrected chi connectivity index (χ3v) is 4.63. The molecule has 0 unspecified atom stereocenters. The van der Waals surface area contributed by atoms with Gasteiger partial charge >= 0.3 is 6.01 Å². The van der Waals surface area contributed by atoms with Crippen LogP contribution in [-0.2, 0) is 0 Å². The van der Waals surface area contributed by atoms with E-state index < -0.39 is 0 Å². The molecule has 1 amide bonds. The maximum absolute atomic E-state index is 12.2. The number of carbonyl (C=O) groups is 1. The summed E-state index contributed by atoms with van der Waals surface area (Å²) in [5, 5.41) is 7.40. The molecule has 1 N–H and O–H groups in total. The number of ether oxygens (including phenoxy) is 1. The fourth-order valence-corrected chi connectivity index (χ4v) is 3.06. The van der Waals surface area contributed by atoms with Gasteiger partial charge in [0, 0.05) is 11.3 Å². The number of aromatic nitrogens is 3. The van der Waals surface area contributed by atoms with Gasteiger partial charge in [0.25, 0.3) is 5.91 Å². The third-order valence-electron chi connectivity index (χ3n) is 4.63. The van der Waals surface area contributed by atoms with Crippen molar-refractivity contribution in [1.29, 1.82) is 0 Å². The molecule has 2 aromatic heterocycles. The Morgan fingerprint density at radius 1 is 1.10 bits per heavy atom. The molecule has 2 heterocycles. The standard InChI is InChI=1S/C24H24N4O3/c1-16(2)15-31-24-26-22(20-8-5-4-7-17(20)3)28(27-24)19-12-10-18(11-13-19)25-23(29)21-9-6-14-30-21/h4-14,16H,15H2,1-3H3,(H,25,29). The molecule has 4 rings (SSSR count). The Bertz CT molecular complexity index is 1160. The molecular weight excluding hydrogens is 392 g/mol. The lowest BCUT2D eigenvalue weighted by molar-refractivity contribution is 0.0996. The van der Waals surface area contributed by atoms with Crippen LogP contribution in [0.15, 0.2) is 71.3 Å². The smallest absolute Gasteiger partial charge is 0.336 e. The summed E-state index contributed by atoms with van der Waals surface area (Å²) in [5.41, 5.74) is 3.53. The highest BCUT2D eigenvalue weighted by Gasteiger charge is 2.17. The SMILES string of the molecule is Cc1ccccc1-c1nc(OCC(C)C)nn1-c1ccc(NC(=O)c2ccco2)cc1. The van der Waals surface area contributed by atoms with Crippen LogP contribution in [0.25, 0.3) is 17.1 Å². The van der Waals surface area contributed by atoms with Crippen molar-refractivity contribution in [3.05, 3.63) is 78.3 Å². The minimum atomic E-state index is -0.302. The average Bonchev–Trinajstić information content (AvgIpc) is 3.44. The lowest BCUT2D eigenvalue weighted by Gasteiger charge is -2.09. The molecular formula is C24H24N4O3. The highest BCUT2D eigenvalue weighted by atomic mass is 16.5. The van der Waals surface area contributed by atoms with Gasteiger partial charge in [-0.05, 0) is 54.8 Å². The summed E-state index contributed by atoms with van der Waals surface area (Å²) in [6.07, 6.45) is 1.47. The van der Waals surface area contributed by atoms with E-state index in [0.717, 1.165) is 16.8 Å². The molecule has 0 aliphatic heterocycles. The summed E-state index contributed by atoms with van der Waals surface area (Å²) in [7, 11) is 0. The Labute approximate surface area is 180 Å². The first-order valence-electron chi connectivity index (χ1n) is 10.1. The zero-order valence-corrected chi connectivity index (χ0v) is 17.7. The van der Waals surface area contributed by atoms with Crippen LogP contribution >= 0.6 is 0 Å². The summed E-state index contributed by atoms with van der Waals surface area (Å²) in [6.45, 7) is 6.73. The van der Waals surface area contributed by atoms with E-state index in [1.807, 2.05) is 55.5 Å². The highest BCUT2D eigenvalue weighted by molar-refractivity contribution is 6.02. The predicted octanol–water partition coefficient (Wildman–Crippen LogP) is 5.12. The van der Waals surface area contributed by atoms with Crippen molar-refractivity contribution in [3.8, 4) is 23.1 Å². The lowest BCUT2D eigenvalue weighted by Crippen LogP contribution is -2.11. The van der Waals surface area contributed by atoms with E-state index in [1.54, 1.807) is 16.8 Å². The van der Waals surface area contributed by atoms with Crippen LogP contribution in [0.4, 0.5) is 5.69 Å². The van der Waals surface area contributed by atoms with Gasteiger partial charge in [-0.25, -0.2) is 4.68 Å².